The fourth-order valence-corrected chi connectivity index (χ4v) is 4.92. The van der Waals surface area contributed by atoms with Crippen molar-refractivity contribution in [3.05, 3.63) is 57.6 Å². The summed E-state index contributed by atoms with van der Waals surface area (Å²) in [5.41, 5.74) is 6.78. The van der Waals surface area contributed by atoms with Gasteiger partial charge in [-0.3, -0.25) is 0 Å². The molecule has 2 nitrogen and oxygen atoms in total. The summed E-state index contributed by atoms with van der Waals surface area (Å²) in [7, 11) is 0. The van der Waals surface area contributed by atoms with Gasteiger partial charge in [-0.1, -0.05) is 115 Å². The molecule has 0 radical (unpaired) electrons. The van der Waals surface area contributed by atoms with Crippen molar-refractivity contribution >= 4 is 0 Å². The summed E-state index contributed by atoms with van der Waals surface area (Å²) in [6.07, 6.45) is 11.8. The highest BCUT2D eigenvalue weighted by Gasteiger charge is 2.21. The third-order valence-electron chi connectivity index (χ3n) is 6.92. The Bertz CT molecular complexity index is 848. The number of rotatable bonds is 11. The third-order valence-corrected chi connectivity index (χ3v) is 6.92. The molecule has 0 heterocycles. The first-order valence-electron chi connectivity index (χ1n) is 13.5. The lowest BCUT2D eigenvalue weighted by atomic mass is 9.83. The Labute approximate surface area is 209 Å². The lowest BCUT2D eigenvalue weighted by Gasteiger charge is -2.23. The van der Waals surface area contributed by atoms with Crippen LogP contribution < -0.4 is 0 Å². The van der Waals surface area contributed by atoms with Crippen LogP contribution in [0.4, 0.5) is 0 Å². The summed E-state index contributed by atoms with van der Waals surface area (Å²) >= 11 is 0. The van der Waals surface area contributed by atoms with Crippen LogP contribution in [0.1, 0.15) is 126 Å². The predicted octanol–water partition coefficient (Wildman–Crippen LogP) is 9.22. The minimum Gasteiger partial charge on any atom is -0.507 e. The van der Waals surface area contributed by atoms with Crippen molar-refractivity contribution in [1.29, 1.82) is 0 Å². The van der Waals surface area contributed by atoms with Crippen LogP contribution in [0.2, 0.25) is 0 Å². The number of unbranched alkanes of at least 4 members (excludes halogenated alkanes) is 7. The normalized spacial score (nSPS) is 12.4. The molecule has 2 aromatic carbocycles. The zero-order valence-electron chi connectivity index (χ0n) is 23.3. The van der Waals surface area contributed by atoms with E-state index >= 15 is 0 Å². The topological polar surface area (TPSA) is 40.5 Å². The van der Waals surface area contributed by atoms with Gasteiger partial charge in [0.25, 0.3) is 0 Å². The number of benzene rings is 2. The van der Waals surface area contributed by atoms with Crippen LogP contribution in [-0.4, -0.2) is 10.2 Å². The van der Waals surface area contributed by atoms with Gasteiger partial charge in [0.05, 0.1) is 0 Å². The minimum atomic E-state index is -0.0299. The molecule has 0 spiro atoms. The number of hydrogen-bond acceptors (Lipinski definition) is 2. The largest absolute Gasteiger partial charge is 0.507 e. The number of hydrogen-bond donors (Lipinski definition) is 2. The molecular weight excluding hydrogens is 416 g/mol. The highest BCUT2D eigenvalue weighted by Crippen LogP contribution is 2.36. The van der Waals surface area contributed by atoms with E-state index in [0.29, 0.717) is 11.5 Å². The van der Waals surface area contributed by atoms with E-state index in [1.807, 2.05) is 0 Å². The molecule has 0 aliphatic carbocycles. The number of phenols is 2. The Morgan fingerprint density at radius 1 is 0.500 bits per heavy atom. The molecule has 0 aliphatic rings. The summed E-state index contributed by atoms with van der Waals surface area (Å²) in [6.45, 7) is 17.2. The van der Waals surface area contributed by atoms with E-state index in [9.17, 15) is 10.2 Å². The monoisotopic (exact) mass is 466 g/mol. The van der Waals surface area contributed by atoms with Crippen LogP contribution in [0.15, 0.2) is 24.3 Å². The fourth-order valence-electron chi connectivity index (χ4n) is 4.92. The summed E-state index contributed by atoms with van der Waals surface area (Å²) < 4.78 is 0. The van der Waals surface area contributed by atoms with Gasteiger partial charge in [-0.05, 0) is 72.6 Å². The van der Waals surface area contributed by atoms with Crippen LogP contribution in [0.25, 0.3) is 0 Å². The van der Waals surface area contributed by atoms with Crippen molar-refractivity contribution in [1.82, 2.24) is 0 Å². The molecule has 0 unspecified atom stereocenters. The van der Waals surface area contributed by atoms with E-state index in [4.69, 9.17) is 0 Å². The summed E-state index contributed by atoms with van der Waals surface area (Å²) in [4.78, 5) is 0. The van der Waals surface area contributed by atoms with Crippen molar-refractivity contribution in [2.24, 2.45) is 0 Å². The standard InChI is InChI=1S/C32H50O2/c1-23-19-25(29(33)27(21-23)31(3,4)5)17-15-13-11-9-10-12-14-16-18-26-20-24(2)22-28(30(26)34)32(6,7)8/h19-22,33-34H,9-18H2,1-8H3. The maximum Gasteiger partial charge on any atom is 0.122 e. The van der Waals surface area contributed by atoms with E-state index in [-0.39, 0.29) is 10.8 Å². The van der Waals surface area contributed by atoms with Gasteiger partial charge in [-0.2, -0.15) is 0 Å². The van der Waals surface area contributed by atoms with Gasteiger partial charge in [0.2, 0.25) is 0 Å². The second-order valence-electron chi connectivity index (χ2n) is 12.5. The second kappa shape index (κ2) is 12.1. The van der Waals surface area contributed by atoms with Gasteiger partial charge < -0.3 is 10.2 Å². The lowest BCUT2D eigenvalue weighted by Crippen LogP contribution is -2.12. The number of aryl methyl sites for hydroxylation is 4. The zero-order chi connectivity index (χ0) is 25.5. The molecule has 2 aromatic rings. The first-order chi connectivity index (χ1) is 15.8. The van der Waals surface area contributed by atoms with Gasteiger partial charge >= 0.3 is 0 Å². The highest BCUT2D eigenvalue weighted by molar-refractivity contribution is 5.47. The molecule has 0 saturated heterocycles. The maximum atomic E-state index is 10.7. The van der Waals surface area contributed by atoms with Crippen molar-refractivity contribution in [2.75, 3.05) is 0 Å². The summed E-state index contributed by atoms with van der Waals surface area (Å²) in [5, 5.41) is 21.5. The van der Waals surface area contributed by atoms with Crippen molar-refractivity contribution in [2.45, 2.75) is 130 Å². The Balaban J connectivity index is 1.66. The predicted molar refractivity (Wildman–Crippen MR) is 147 cm³/mol. The maximum absolute atomic E-state index is 10.7. The third kappa shape index (κ3) is 8.36. The number of aromatic hydroxyl groups is 2. The molecule has 190 valence electrons. The Morgan fingerprint density at radius 3 is 1.09 bits per heavy atom. The second-order valence-corrected chi connectivity index (χ2v) is 12.5. The van der Waals surface area contributed by atoms with Crippen LogP contribution in [-0.2, 0) is 23.7 Å². The molecule has 0 amide bonds. The Kier molecular flexibility index (Phi) is 10.1. The van der Waals surface area contributed by atoms with Gasteiger partial charge in [-0.25, -0.2) is 0 Å². The van der Waals surface area contributed by atoms with Crippen molar-refractivity contribution < 1.29 is 10.2 Å². The van der Waals surface area contributed by atoms with Crippen LogP contribution in [0, 0.1) is 13.8 Å². The summed E-state index contributed by atoms with van der Waals surface area (Å²) in [6, 6.07) is 8.56. The first kappa shape index (κ1) is 28.3. The van der Waals surface area contributed by atoms with Crippen LogP contribution in [0.5, 0.6) is 11.5 Å². The fraction of sp³-hybridized carbons (Fsp3) is 0.625. The molecule has 0 atom stereocenters. The van der Waals surface area contributed by atoms with Gasteiger partial charge in [-0.15, -0.1) is 0 Å². The molecule has 2 rings (SSSR count). The highest BCUT2D eigenvalue weighted by atomic mass is 16.3. The summed E-state index contributed by atoms with van der Waals surface area (Å²) in [5.74, 6) is 1.01. The van der Waals surface area contributed by atoms with Gasteiger partial charge in [0.15, 0.2) is 0 Å². The molecule has 2 heteroatoms. The molecule has 0 bridgehead atoms. The SMILES string of the molecule is Cc1cc(CCCCCCCCCCc2cc(C)cc(C(C)(C)C)c2O)c(O)c(C(C)(C)C)c1. The Hall–Kier alpha value is -1.96. The van der Waals surface area contributed by atoms with Crippen molar-refractivity contribution in [3.63, 3.8) is 0 Å². The van der Waals surface area contributed by atoms with Gasteiger partial charge in [0.1, 0.15) is 11.5 Å². The van der Waals surface area contributed by atoms with Crippen LogP contribution in [0.3, 0.4) is 0 Å². The van der Waals surface area contributed by atoms with Crippen LogP contribution >= 0.6 is 0 Å². The average Bonchev–Trinajstić information content (AvgIpc) is 2.71. The molecule has 0 aliphatic heterocycles. The molecule has 34 heavy (non-hydrogen) atoms. The average molecular weight is 467 g/mol. The zero-order valence-corrected chi connectivity index (χ0v) is 23.3. The molecule has 0 aromatic heterocycles. The van der Waals surface area contributed by atoms with E-state index < -0.39 is 0 Å². The van der Waals surface area contributed by atoms with E-state index in [1.165, 1.54) is 49.7 Å². The van der Waals surface area contributed by atoms with Crippen molar-refractivity contribution in [3.8, 4) is 11.5 Å². The first-order valence-corrected chi connectivity index (χ1v) is 13.5. The van der Waals surface area contributed by atoms with E-state index in [1.54, 1.807) is 0 Å². The smallest absolute Gasteiger partial charge is 0.122 e. The molecular formula is C32H50O2. The quantitative estimate of drug-likeness (QED) is 0.324. The van der Waals surface area contributed by atoms with Gasteiger partial charge in [0, 0.05) is 0 Å². The molecule has 2 N–H and O–H groups in total. The number of phenolic OH excluding ortho intramolecular Hbond substituents is 2. The van der Waals surface area contributed by atoms with E-state index in [2.05, 4.69) is 79.7 Å². The van der Waals surface area contributed by atoms with E-state index in [0.717, 1.165) is 47.9 Å². The molecule has 0 fully saturated rings. The lowest BCUT2D eigenvalue weighted by molar-refractivity contribution is 0.437. The Morgan fingerprint density at radius 2 is 0.794 bits per heavy atom. The molecule has 0 saturated carbocycles. The minimum absolute atomic E-state index is 0.0299.